The molecule has 4 nitrogen and oxygen atoms in total. The first-order chi connectivity index (χ1) is 13.1. The van der Waals surface area contributed by atoms with E-state index in [2.05, 4.69) is 53.1 Å². The van der Waals surface area contributed by atoms with E-state index < -0.39 is 0 Å². The zero-order valence-electron chi connectivity index (χ0n) is 16.1. The molecule has 1 unspecified atom stereocenters. The molecule has 140 valence electrons. The molecule has 4 rings (SSSR count). The highest BCUT2D eigenvalue weighted by Gasteiger charge is 2.28. The van der Waals surface area contributed by atoms with Crippen LogP contribution in [0, 0.1) is 0 Å². The number of carbonyl (C=O) groups excluding carboxylic acids is 1. The van der Waals surface area contributed by atoms with E-state index in [1.807, 2.05) is 30.5 Å². The van der Waals surface area contributed by atoms with E-state index in [0.29, 0.717) is 0 Å². The van der Waals surface area contributed by atoms with Crippen molar-refractivity contribution < 1.29 is 4.79 Å². The molecule has 3 aromatic rings. The summed E-state index contributed by atoms with van der Waals surface area (Å²) in [7, 11) is 4.16. The van der Waals surface area contributed by atoms with Crippen LogP contribution >= 0.6 is 0 Å². The number of hydrogen-bond donors (Lipinski definition) is 1. The molecule has 1 saturated heterocycles. The molecule has 2 heterocycles. The Morgan fingerprint density at radius 3 is 2.70 bits per heavy atom. The zero-order chi connectivity index (χ0) is 18.8. The molecule has 0 saturated carbocycles. The van der Waals surface area contributed by atoms with Gasteiger partial charge in [-0.05, 0) is 68.1 Å². The fourth-order valence-electron chi connectivity index (χ4n) is 4.08. The van der Waals surface area contributed by atoms with Gasteiger partial charge < -0.3 is 14.8 Å². The lowest BCUT2D eigenvalue weighted by Gasteiger charge is -2.36. The van der Waals surface area contributed by atoms with Crippen LogP contribution in [0.15, 0.2) is 54.7 Å². The molecule has 1 aliphatic heterocycles. The Morgan fingerprint density at radius 2 is 1.93 bits per heavy atom. The van der Waals surface area contributed by atoms with Gasteiger partial charge in [0.15, 0.2) is 0 Å². The van der Waals surface area contributed by atoms with Crippen molar-refractivity contribution in [2.24, 2.45) is 0 Å². The summed E-state index contributed by atoms with van der Waals surface area (Å²) in [5, 5.41) is 1.14. The number of likely N-dealkylation sites (tertiary alicyclic amines) is 1. The third-order valence-electron chi connectivity index (χ3n) is 5.43. The van der Waals surface area contributed by atoms with Crippen molar-refractivity contribution in [1.82, 2.24) is 14.8 Å². The number of aromatic nitrogens is 1. The van der Waals surface area contributed by atoms with Crippen LogP contribution in [0.25, 0.3) is 10.9 Å². The van der Waals surface area contributed by atoms with E-state index >= 15 is 0 Å². The van der Waals surface area contributed by atoms with Crippen LogP contribution < -0.4 is 0 Å². The quantitative estimate of drug-likeness (QED) is 0.738. The molecule has 4 heteroatoms. The first-order valence-electron chi connectivity index (χ1n) is 9.73. The smallest absolute Gasteiger partial charge is 0.254 e. The van der Waals surface area contributed by atoms with Gasteiger partial charge in [0, 0.05) is 30.4 Å². The highest BCUT2D eigenvalue weighted by molar-refractivity contribution is 5.98. The molecule has 1 atom stereocenters. The second kappa shape index (κ2) is 7.57. The summed E-state index contributed by atoms with van der Waals surface area (Å²) >= 11 is 0. The maximum atomic E-state index is 13.3. The van der Waals surface area contributed by atoms with Crippen LogP contribution in [-0.4, -0.2) is 41.3 Å². The Bertz CT molecular complexity index is 926. The number of carbonyl (C=O) groups is 1. The minimum absolute atomic E-state index is 0.133. The van der Waals surface area contributed by atoms with Crippen LogP contribution in [0.1, 0.15) is 46.8 Å². The summed E-state index contributed by atoms with van der Waals surface area (Å²) in [6.07, 6.45) is 5.19. The van der Waals surface area contributed by atoms with Gasteiger partial charge in [0.1, 0.15) is 0 Å². The molecule has 2 aromatic carbocycles. The lowest BCUT2D eigenvalue weighted by Crippen LogP contribution is -2.38. The zero-order valence-corrected chi connectivity index (χ0v) is 16.1. The van der Waals surface area contributed by atoms with Crippen LogP contribution in [-0.2, 0) is 6.54 Å². The van der Waals surface area contributed by atoms with Gasteiger partial charge >= 0.3 is 0 Å². The van der Waals surface area contributed by atoms with Gasteiger partial charge in [0.25, 0.3) is 5.91 Å². The number of H-pyrrole nitrogens is 1. The molecule has 1 amide bonds. The maximum absolute atomic E-state index is 13.3. The first-order valence-corrected chi connectivity index (χ1v) is 9.73. The standard InChI is InChI=1S/C23H27N3O/c1-25(2)16-17-6-8-19(9-7-17)22-5-3-4-14-26(22)23(27)20-11-10-18-12-13-24-21(18)15-20/h6-13,15,22,24H,3-5,14,16H2,1-2H3. The van der Waals surface area contributed by atoms with Gasteiger partial charge in [-0.25, -0.2) is 0 Å². The predicted molar refractivity (Wildman–Crippen MR) is 110 cm³/mol. The van der Waals surface area contributed by atoms with Crippen molar-refractivity contribution in [3.05, 3.63) is 71.4 Å². The molecular formula is C23H27N3O. The SMILES string of the molecule is CN(C)Cc1ccc(C2CCCCN2C(=O)c2ccc3cc[nH]c3c2)cc1. The minimum atomic E-state index is 0.133. The largest absolute Gasteiger partial charge is 0.361 e. The van der Waals surface area contributed by atoms with Crippen molar-refractivity contribution in [3.8, 4) is 0 Å². The van der Waals surface area contributed by atoms with Crippen molar-refractivity contribution in [3.63, 3.8) is 0 Å². The highest BCUT2D eigenvalue weighted by Crippen LogP contribution is 2.32. The average Bonchev–Trinajstić information content (AvgIpc) is 3.15. The Kier molecular flexibility index (Phi) is 4.99. The number of amides is 1. The van der Waals surface area contributed by atoms with E-state index in [9.17, 15) is 4.79 Å². The Balaban J connectivity index is 1.58. The predicted octanol–water partition coefficient (Wildman–Crippen LogP) is 4.60. The van der Waals surface area contributed by atoms with Gasteiger partial charge in [0.2, 0.25) is 0 Å². The van der Waals surface area contributed by atoms with E-state index in [0.717, 1.165) is 42.4 Å². The number of hydrogen-bond acceptors (Lipinski definition) is 2. The third kappa shape index (κ3) is 3.76. The summed E-state index contributed by atoms with van der Waals surface area (Å²) in [6, 6.07) is 16.9. The maximum Gasteiger partial charge on any atom is 0.254 e. The summed E-state index contributed by atoms with van der Waals surface area (Å²) in [5.74, 6) is 0.133. The monoisotopic (exact) mass is 361 g/mol. The van der Waals surface area contributed by atoms with Crippen molar-refractivity contribution >= 4 is 16.8 Å². The summed E-state index contributed by atoms with van der Waals surface area (Å²) < 4.78 is 0. The first kappa shape index (κ1) is 17.8. The highest BCUT2D eigenvalue weighted by atomic mass is 16.2. The fraction of sp³-hybridized carbons (Fsp3) is 0.348. The average molecular weight is 361 g/mol. The molecule has 0 radical (unpaired) electrons. The van der Waals surface area contributed by atoms with E-state index in [1.54, 1.807) is 0 Å². The molecule has 1 N–H and O–H groups in total. The van der Waals surface area contributed by atoms with Gasteiger partial charge in [-0.2, -0.15) is 0 Å². The second-order valence-electron chi connectivity index (χ2n) is 7.77. The lowest BCUT2D eigenvalue weighted by atomic mass is 9.93. The Labute approximate surface area is 160 Å². The molecular weight excluding hydrogens is 334 g/mol. The van der Waals surface area contributed by atoms with Crippen LogP contribution in [0.3, 0.4) is 0 Å². The normalized spacial score (nSPS) is 17.6. The summed E-state index contributed by atoms with van der Waals surface area (Å²) in [4.78, 5) is 20.7. The van der Waals surface area contributed by atoms with Crippen LogP contribution in [0.4, 0.5) is 0 Å². The number of rotatable bonds is 4. The Hall–Kier alpha value is -2.59. The Morgan fingerprint density at radius 1 is 1.11 bits per heavy atom. The number of nitrogens with zero attached hydrogens (tertiary/aromatic N) is 2. The molecule has 0 bridgehead atoms. The molecule has 0 spiro atoms. The second-order valence-corrected chi connectivity index (χ2v) is 7.77. The van der Waals surface area contributed by atoms with Gasteiger partial charge in [-0.3, -0.25) is 4.79 Å². The van der Waals surface area contributed by atoms with E-state index in [1.165, 1.54) is 17.5 Å². The summed E-state index contributed by atoms with van der Waals surface area (Å²) in [5.41, 5.74) is 4.32. The number of nitrogens with one attached hydrogen (secondary N) is 1. The third-order valence-corrected chi connectivity index (χ3v) is 5.43. The van der Waals surface area contributed by atoms with Crippen molar-refractivity contribution in [2.75, 3.05) is 20.6 Å². The molecule has 1 fully saturated rings. The van der Waals surface area contributed by atoms with Gasteiger partial charge in [0.05, 0.1) is 6.04 Å². The van der Waals surface area contributed by atoms with E-state index in [-0.39, 0.29) is 11.9 Å². The van der Waals surface area contributed by atoms with Gasteiger partial charge in [-0.1, -0.05) is 30.3 Å². The summed E-state index contributed by atoms with van der Waals surface area (Å²) in [6.45, 7) is 1.76. The van der Waals surface area contributed by atoms with Crippen molar-refractivity contribution in [1.29, 1.82) is 0 Å². The van der Waals surface area contributed by atoms with Crippen molar-refractivity contribution in [2.45, 2.75) is 31.8 Å². The van der Waals surface area contributed by atoms with Crippen LogP contribution in [0.5, 0.6) is 0 Å². The number of fused-ring (bicyclic) bond motifs is 1. The van der Waals surface area contributed by atoms with Gasteiger partial charge in [-0.15, -0.1) is 0 Å². The lowest BCUT2D eigenvalue weighted by molar-refractivity contribution is 0.0611. The minimum Gasteiger partial charge on any atom is -0.361 e. The molecule has 0 aliphatic carbocycles. The fourth-order valence-corrected chi connectivity index (χ4v) is 4.08. The molecule has 1 aromatic heterocycles. The number of benzene rings is 2. The number of piperidine rings is 1. The topological polar surface area (TPSA) is 39.3 Å². The van der Waals surface area contributed by atoms with Crippen LogP contribution in [0.2, 0.25) is 0 Å². The van der Waals surface area contributed by atoms with E-state index in [4.69, 9.17) is 0 Å². The molecule has 27 heavy (non-hydrogen) atoms. The number of aromatic amines is 1. The molecule has 1 aliphatic rings.